The van der Waals surface area contributed by atoms with Crippen LogP contribution in [0.15, 0.2) is 24.3 Å². The van der Waals surface area contributed by atoms with Crippen LogP contribution in [0, 0.1) is 5.41 Å². The van der Waals surface area contributed by atoms with Gasteiger partial charge in [0.15, 0.2) is 0 Å². The van der Waals surface area contributed by atoms with Crippen LogP contribution in [0.5, 0.6) is 5.75 Å². The van der Waals surface area contributed by atoms with Crippen molar-refractivity contribution in [2.75, 3.05) is 25.6 Å². The summed E-state index contributed by atoms with van der Waals surface area (Å²) >= 11 is 0. The molecule has 88 valence electrons. The molecule has 2 N–H and O–H groups in total. The highest BCUT2D eigenvalue weighted by molar-refractivity contribution is 5.48. The van der Waals surface area contributed by atoms with Crippen molar-refractivity contribution in [2.24, 2.45) is 5.41 Å². The summed E-state index contributed by atoms with van der Waals surface area (Å²) in [6, 6.07) is 7.89. The van der Waals surface area contributed by atoms with E-state index in [1.165, 1.54) is 6.42 Å². The Labute approximate surface area is 96.4 Å². The second-order valence-electron chi connectivity index (χ2n) is 4.60. The van der Waals surface area contributed by atoms with Crippen molar-refractivity contribution in [1.82, 2.24) is 0 Å². The molecule has 0 amide bonds. The number of aliphatic hydroxyl groups is 1. The molecular formula is C13H19NO2. The number of methoxy groups -OCH3 is 1. The molecule has 1 saturated carbocycles. The number of hydrogen-bond acceptors (Lipinski definition) is 3. The van der Waals surface area contributed by atoms with Gasteiger partial charge in [0, 0.05) is 23.7 Å². The van der Waals surface area contributed by atoms with Gasteiger partial charge in [0.25, 0.3) is 0 Å². The summed E-state index contributed by atoms with van der Waals surface area (Å²) in [4.78, 5) is 0. The molecule has 1 fully saturated rings. The first-order valence-electron chi connectivity index (χ1n) is 5.77. The highest BCUT2D eigenvalue weighted by Crippen LogP contribution is 2.40. The van der Waals surface area contributed by atoms with Crippen LogP contribution in [0.3, 0.4) is 0 Å². The first-order valence-corrected chi connectivity index (χ1v) is 5.77. The highest BCUT2D eigenvalue weighted by atomic mass is 16.5. The maximum Gasteiger partial charge on any atom is 0.120 e. The van der Waals surface area contributed by atoms with E-state index >= 15 is 0 Å². The van der Waals surface area contributed by atoms with Crippen molar-refractivity contribution < 1.29 is 9.84 Å². The van der Waals surface area contributed by atoms with Gasteiger partial charge >= 0.3 is 0 Å². The minimum absolute atomic E-state index is 0.114. The summed E-state index contributed by atoms with van der Waals surface area (Å²) < 4.78 is 5.16. The second-order valence-corrected chi connectivity index (χ2v) is 4.60. The Morgan fingerprint density at radius 3 is 2.81 bits per heavy atom. The lowest BCUT2D eigenvalue weighted by molar-refractivity contribution is 0.0576. The molecule has 0 radical (unpaired) electrons. The maximum absolute atomic E-state index is 9.35. The van der Waals surface area contributed by atoms with E-state index in [0.29, 0.717) is 0 Å². The Bertz CT molecular complexity index is 342. The normalized spacial score (nSPS) is 17.6. The molecule has 0 spiro atoms. The smallest absolute Gasteiger partial charge is 0.120 e. The Balaban J connectivity index is 1.93. The van der Waals surface area contributed by atoms with Gasteiger partial charge in [-0.1, -0.05) is 12.5 Å². The lowest BCUT2D eigenvalue weighted by Gasteiger charge is -2.40. The molecule has 0 bridgehead atoms. The van der Waals surface area contributed by atoms with Gasteiger partial charge in [-0.2, -0.15) is 0 Å². The Kier molecular flexibility index (Phi) is 3.34. The summed E-state index contributed by atoms with van der Waals surface area (Å²) in [5.74, 6) is 0.858. The van der Waals surface area contributed by atoms with Crippen molar-refractivity contribution in [3.8, 4) is 5.75 Å². The topological polar surface area (TPSA) is 41.5 Å². The third kappa shape index (κ3) is 2.30. The largest absolute Gasteiger partial charge is 0.497 e. The lowest BCUT2D eigenvalue weighted by atomic mass is 9.69. The summed E-state index contributed by atoms with van der Waals surface area (Å²) in [7, 11) is 1.67. The summed E-state index contributed by atoms with van der Waals surface area (Å²) in [5, 5.41) is 12.7. The molecule has 0 saturated heterocycles. The Morgan fingerprint density at radius 2 is 2.25 bits per heavy atom. The predicted molar refractivity (Wildman–Crippen MR) is 64.9 cm³/mol. The van der Waals surface area contributed by atoms with E-state index in [-0.39, 0.29) is 12.0 Å². The van der Waals surface area contributed by atoms with Crippen molar-refractivity contribution in [2.45, 2.75) is 19.3 Å². The van der Waals surface area contributed by atoms with E-state index < -0.39 is 0 Å². The molecular weight excluding hydrogens is 202 g/mol. The van der Waals surface area contributed by atoms with Gasteiger partial charge in [-0.3, -0.25) is 0 Å². The van der Waals surface area contributed by atoms with Gasteiger partial charge in [0.05, 0.1) is 13.7 Å². The van der Waals surface area contributed by atoms with E-state index in [1.54, 1.807) is 7.11 Å². The number of ether oxygens (including phenoxy) is 1. The Hall–Kier alpha value is -1.22. The number of rotatable bonds is 5. The van der Waals surface area contributed by atoms with Crippen molar-refractivity contribution >= 4 is 5.69 Å². The Morgan fingerprint density at radius 1 is 1.44 bits per heavy atom. The van der Waals surface area contributed by atoms with Gasteiger partial charge < -0.3 is 15.2 Å². The van der Waals surface area contributed by atoms with Crippen molar-refractivity contribution in [1.29, 1.82) is 0 Å². The SMILES string of the molecule is COc1cccc(NCC2(CO)CCC2)c1. The lowest BCUT2D eigenvalue weighted by Crippen LogP contribution is -2.39. The maximum atomic E-state index is 9.35. The number of anilines is 1. The van der Waals surface area contributed by atoms with Gasteiger partial charge in [-0.25, -0.2) is 0 Å². The van der Waals surface area contributed by atoms with Crippen LogP contribution < -0.4 is 10.1 Å². The fourth-order valence-electron chi connectivity index (χ4n) is 2.09. The molecule has 2 rings (SSSR count). The molecule has 0 aromatic heterocycles. The molecule has 1 aliphatic rings. The zero-order valence-corrected chi connectivity index (χ0v) is 9.70. The number of nitrogens with one attached hydrogen (secondary N) is 1. The highest BCUT2D eigenvalue weighted by Gasteiger charge is 2.35. The monoisotopic (exact) mass is 221 g/mol. The third-order valence-corrected chi connectivity index (χ3v) is 3.49. The summed E-state index contributed by atoms with van der Waals surface area (Å²) in [6.45, 7) is 1.13. The number of aliphatic hydroxyl groups excluding tert-OH is 1. The van der Waals surface area contributed by atoms with Crippen LogP contribution in [-0.2, 0) is 0 Å². The molecule has 1 aromatic rings. The molecule has 16 heavy (non-hydrogen) atoms. The fraction of sp³-hybridized carbons (Fsp3) is 0.538. The van der Waals surface area contributed by atoms with Gasteiger partial charge in [0.1, 0.15) is 5.75 Å². The predicted octanol–water partition coefficient (Wildman–Crippen LogP) is 2.27. The van der Waals surface area contributed by atoms with Gasteiger partial charge in [-0.05, 0) is 25.0 Å². The third-order valence-electron chi connectivity index (χ3n) is 3.49. The van der Waals surface area contributed by atoms with Crippen LogP contribution in [0.4, 0.5) is 5.69 Å². The minimum Gasteiger partial charge on any atom is -0.497 e. The van der Waals surface area contributed by atoms with E-state index in [0.717, 1.165) is 30.8 Å². The zero-order chi connectivity index (χ0) is 11.4. The molecule has 3 heteroatoms. The molecule has 1 aromatic carbocycles. The van der Waals surface area contributed by atoms with Crippen molar-refractivity contribution in [3.05, 3.63) is 24.3 Å². The molecule has 0 heterocycles. The molecule has 3 nitrogen and oxygen atoms in total. The molecule has 1 aliphatic carbocycles. The zero-order valence-electron chi connectivity index (χ0n) is 9.70. The van der Waals surface area contributed by atoms with Crippen LogP contribution in [-0.4, -0.2) is 25.4 Å². The van der Waals surface area contributed by atoms with Crippen LogP contribution in [0.25, 0.3) is 0 Å². The van der Waals surface area contributed by atoms with E-state index in [1.807, 2.05) is 24.3 Å². The van der Waals surface area contributed by atoms with Gasteiger partial charge in [0.2, 0.25) is 0 Å². The van der Waals surface area contributed by atoms with Crippen LogP contribution >= 0.6 is 0 Å². The fourth-order valence-corrected chi connectivity index (χ4v) is 2.09. The average molecular weight is 221 g/mol. The van der Waals surface area contributed by atoms with Crippen LogP contribution in [0.2, 0.25) is 0 Å². The van der Waals surface area contributed by atoms with Crippen molar-refractivity contribution in [3.63, 3.8) is 0 Å². The first-order chi connectivity index (χ1) is 7.78. The van der Waals surface area contributed by atoms with E-state index in [4.69, 9.17) is 4.74 Å². The minimum atomic E-state index is 0.114. The number of benzene rings is 1. The van der Waals surface area contributed by atoms with Crippen LogP contribution in [0.1, 0.15) is 19.3 Å². The first kappa shape index (κ1) is 11.3. The second kappa shape index (κ2) is 4.74. The molecule has 0 atom stereocenters. The van der Waals surface area contributed by atoms with E-state index in [9.17, 15) is 5.11 Å². The summed E-state index contributed by atoms with van der Waals surface area (Å²) in [6.07, 6.45) is 3.49. The number of hydrogen-bond donors (Lipinski definition) is 2. The van der Waals surface area contributed by atoms with E-state index in [2.05, 4.69) is 5.32 Å². The quantitative estimate of drug-likeness (QED) is 0.801. The summed E-state index contributed by atoms with van der Waals surface area (Å²) in [5.41, 5.74) is 1.17. The molecule has 0 unspecified atom stereocenters. The van der Waals surface area contributed by atoms with Gasteiger partial charge in [-0.15, -0.1) is 0 Å². The molecule has 0 aliphatic heterocycles. The average Bonchev–Trinajstić information content (AvgIpc) is 2.29. The standard InChI is InChI=1S/C13H19NO2/c1-16-12-5-2-4-11(8-12)14-9-13(10-15)6-3-7-13/h2,4-5,8,14-15H,3,6-7,9-10H2,1H3.